The van der Waals surface area contributed by atoms with Crippen molar-refractivity contribution >= 4 is 0 Å². The standard InChI is InChI=1S/C17H24FNO3/c18-13-2-4-15(5-3-13)22-16-6-1-12(17(16)20)11-19-14-7-9-21-10-8-14/h2-5,12,14,16-17,19-20H,1,6-11H2/t12-,16-,17-/m1/s1. The first-order chi connectivity index (χ1) is 10.7. The molecule has 3 atom stereocenters. The third kappa shape index (κ3) is 3.97. The second-order valence-corrected chi connectivity index (χ2v) is 6.23. The molecular formula is C17H24FNO3. The zero-order chi connectivity index (χ0) is 15.4. The summed E-state index contributed by atoms with van der Waals surface area (Å²) in [5.74, 6) is 0.551. The van der Waals surface area contributed by atoms with Crippen LogP contribution in [-0.2, 0) is 4.74 Å². The highest BCUT2D eigenvalue weighted by Gasteiger charge is 2.36. The van der Waals surface area contributed by atoms with E-state index in [0.717, 1.165) is 45.4 Å². The van der Waals surface area contributed by atoms with Crippen molar-refractivity contribution in [2.45, 2.75) is 43.9 Å². The van der Waals surface area contributed by atoms with E-state index in [0.29, 0.717) is 11.8 Å². The zero-order valence-electron chi connectivity index (χ0n) is 12.7. The molecule has 0 spiro atoms. The molecular weight excluding hydrogens is 285 g/mol. The molecule has 1 aliphatic heterocycles. The van der Waals surface area contributed by atoms with Gasteiger partial charge in [-0.3, -0.25) is 0 Å². The van der Waals surface area contributed by atoms with Crippen molar-refractivity contribution in [2.75, 3.05) is 19.8 Å². The number of aliphatic hydroxyl groups excluding tert-OH is 1. The number of hydrogen-bond donors (Lipinski definition) is 2. The molecule has 1 saturated carbocycles. The minimum absolute atomic E-state index is 0.202. The van der Waals surface area contributed by atoms with Gasteiger partial charge >= 0.3 is 0 Å². The van der Waals surface area contributed by atoms with Crippen LogP contribution in [0.15, 0.2) is 24.3 Å². The molecule has 122 valence electrons. The third-order valence-electron chi connectivity index (χ3n) is 4.68. The molecule has 0 unspecified atom stereocenters. The van der Waals surface area contributed by atoms with Gasteiger partial charge in [-0.15, -0.1) is 0 Å². The maximum atomic E-state index is 12.9. The Morgan fingerprint density at radius 1 is 1.14 bits per heavy atom. The van der Waals surface area contributed by atoms with Gasteiger partial charge in [0.05, 0.1) is 6.10 Å². The van der Waals surface area contributed by atoms with Gasteiger partial charge in [0.15, 0.2) is 0 Å². The molecule has 0 bridgehead atoms. The molecule has 4 nitrogen and oxygen atoms in total. The molecule has 3 rings (SSSR count). The first kappa shape index (κ1) is 15.7. The molecule has 0 radical (unpaired) electrons. The number of ether oxygens (including phenoxy) is 2. The number of rotatable bonds is 5. The van der Waals surface area contributed by atoms with E-state index < -0.39 is 6.10 Å². The molecule has 2 N–H and O–H groups in total. The van der Waals surface area contributed by atoms with Crippen LogP contribution in [0.3, 0.4) is 0 Å². The van der Waals surface area contributed by atoms with Crippen molar-refractivity contribution < 1.29 is 19.0 Å². The molecule has 1 aromatic rings. The highest BCUT2D eigenvalue weighted by atomic mass is 19.1. The quantitative estimate of drug-likeness (QED) is 0.875. The van der Waals surface area contributed by atoms with Crippen LogP contribution in [0.5, 0.6) is 5.75 Å². The summed E-state index contributed by atoms with van der Waals surface area (Å²) in [5.41, 5.74) is 0. The molecule has 5 heteroatoms. The van der Waals surface area contributed by atoms with Crippen molar-refractivity contribution in [3.8, 4) is 5.75 Å². The Hall–Kier alpha value is -1.17. The lowest BCUT2D eigenvalue weighted by Crippen LogP contribution is -2.41. The summed E-state index contributed by atoms with van der Waals surface area (Å²) in [6.45, 7) is 2.46. The average molecular weight is 309 g/mol. The van der Waals surface area contributed by atoms with Crippen LogP contribution < -0.4 is 10.1 Å². The fraction of sp³-hybridized carbons (Fsp3) is 0.647. The summed E-state index contributed by atoms with van der Waals surface area (Å²) in [4.78, 5) is 0. The molecule has 22 heavy (non-hydrogen) atoms. The van der Waals surface area contributed by atoms with Crippen molar-refractivity contribution in [2.24, 2.45) is 5.92 Å². The first-order valence-electron chi connectivity index (χ1n) is 8.14. The van der Waals surface area contributed by atoms with Crippen LogP contribution in [0.4, 0.5) is 4.39 Å². The van der Waals surface area contributed by atoms with Gasteiger partial charge in [0, 0.05) is 31.7 Å². The molecule has 0 amide bonds. The predicted octanol–water partition coefficient (Wildman–Crippen LogP) is 2.11. The summed E-state index contributed by atoms with van der Waals surface area (Å²) in [7, 11) is 0. The average Bonchev–Trinajstić information content (AvgIpc) is 2.89. The normalized spacial score (nSPS) is 29.6. The second kappa shape index (κ2) is 7.40. The van der Waals surface area contributed by atoms with E-state index in [4.69, 9.17) is 9.47 Å². The van der Waals surface area contributed by atoms with Crippen LogP contribution in [0.1, 0.15) is 25.7 Å². The van der Waals surface area contributed by atoms with Crippen molar-refractivity contribution in [1.29, 1.82) is 0 Å². The smallest absolute Gasteiger partial charge is 0.125 e. The highest BCUT2D eigenvalue weighted by Crippen LogP contribution is 2.29. The van der Waals surface area contributed by atoms with E-state index in [1.165, 1.54) is 12.1 Å². The van der Waals surface area contributed by atoms with Gasteiger partial charge in [0.25, 0.3) is 0 Å². The van der Waals surface area contributed by atoms with E-state index >= 15 is 0 Å². The number of hydrogen-bond acceptors (Lipinski definition) is 4. The fourth-order valence-electron chi connectivity index (χ4n) is 3.28. The third-order valence-corrected chi connectivity index (χ3v) is 4.68. The van der Waals surface area contributed by atoms with Gasteiger partial charge in [-0.1, -0.05) is 0 Å². The molecule has 2 aliphatic rings. The Kier molecular flexibility index (Phi) is 5.28. The van der Waals surface area contributed by atoms with Gasteiger partial charge in [-0.25, -0.2) is 4.39 Å². The summed E-state index contributed by atoms with van der Waals surface area (Å²) in [6, 6.07) is 6.46. The Morgan fingerprint density at radius 2 is 1.86 bits per heavy atom. The maximum absolute atomic E-state index is 12.9. The van der Waals surface area contributed by atoms with Crippen LogP contribution in [0, 0.1) is 11.7 Å². The van der Waals surface area contributed by atoms with Gasteiger partial charge in [0.1, 0.15) is 17.7 Å². The summed E-state index contributed by atoms with van der Waals surface area (Å²) >= 11 is 0. The van der Waals surface area contributed by atoms with Crippen LogP contribution in [0.2, 0.25) is 0 Å². The van der Waals surface area contributed by atoms with Crippen molar-refractivity contribution in [1.82, 2.24) is 5.32 Å². The fourth-order valence-corrected chi connectivity index (χ4v) is 3.28. The van der Waals surface area contributed by atoms with Crippen LogP contribution in [0.25, 0.3) is 0 Å². The van der Waals surface area contributed by atoms with Gasteiger partial charge in [-0.05, 0) is 49.9 Å². The Bertz CT molecular complexity index is 461. The van der Waals surface area contributed by atoms with Gasteiger partial charge in [-0.2, -0.15) is 0 Å². The van der Waals surface area contributed by atoms with E-state index in [1.807, 2.05) is 0 Å². The summed E-state index contributed by atoms with van der Waals surface area (Å²) in [6.07, 6.45) is 3.18. The predicted molar refractivity (Wildman–Crippen MR) is 81.4 cm³/mol. The SMILES string of the molecule is O[C@@H]1[C@@H](CNC2CCOCC2)CC[C@H]1Oc1ccc(F)cc1. The summed E-state index contributed by atoms with van der Waals surface area (Å²) < 4.78 is 24.0. The lowest BCUT2D eigenvalue weighted by Gasteiger charge is -2.26. The van der Waals surface area contributed by atoms with E-state index in [2.05, 4.69) is 5.32 Å². The molecule has 0 aromatic heterocycles. The van der Waals surface area contributed by atoms with Crippen molar-refractivity contribution in [3.05, 3.63) is 30.1 Å². The maximum Gasteiger partial charge on any atom is 0.125 e. The minimum Gasteiger partial charge on any atom is -0.488 e. The number of nitrogens with one attached hydrogen (secondary N) is 1. The van der Waals surface area contributed by atoms with E-state index in [1.54, 1.807) is 12.1 Å². The number of aliphatic hydroxyl groups is 1. The summed E-state index contributed by atoms with van der Waals surface area (Å²) in [5, 5.41) is 14.0. The van der Waals surface area contributed by atoms with Crippen LogP contribution in [-0.4, -0.2) is 43.1 Å². The number of benzene rings is 1. The number of halogens is 1. The Labute approximate surface area is 130 Å². The molecule has 1 heterocycles. The van der Waals surface area contributed by atoms with Crippen LogP contribution >= 0.6 is 0 Å². The Morgan fingerprint density at radius 3 is 2.59 bits per heavy atom. The first-order valence-corrected chi connectivity index (χ1v) is 8.14. The second-order valence-electron chi connectivity index (χ2n) is 6.23. The Balaban J connectivity index is 1.46. The molecule has 1 aliphatic carbocycles. The lowest BCUT2D eigenvalue weighted by molar-refractivity contribution is 0.0315. The monoisotopic (exact) mass is 309 g/mol. The molecule has 2 fully saturated rings. The highest BCUT2D eigenvalue weighted by molar-refractivity contribution is 5.22. The van der Waals surface area contributed by atoms with E-state index in [9.17, 15) is 9.50 Å². The van der Waals surface area contributed by atoms with Gasteiger partial charge < -0.3 is 19.9 Å². The minimum atomic E-state index is -0.475. The molecule has 1 saturated heterocycles. The lowest BCUT2D eigenvalue weighted by atomic mass is 10.0. The molecule has 1 aromatic carbocycles. The topological polar surface area (TPSA) is 50.7 Å². The largest absolute Gasteiger partial charge is 0.488 e. The zero-order valence-corrected chi connectivity index (χ0v) is 12.7. The van der Waals surface area contributed by atoms with Gasteiger partial charge in [0.2, 0.25) is 0 Å². The van der Waals surface area contributed by atoms with E-state index in [-0.39, 0.29) is 17.8 Å². The van der Waals surface area contributed by atoms with Crippen molar-refractivity contribution in [3.63, 3.8) is 0 Å².